The third-order valence-corrected chi connectivity index (χ3v) is 4.74. The van der Waals surface area contributed by atoms with E-state index in [1.807, 2.05) is 24.3 Å². The van der Waals surface area contributed by atoms with Gasteiger partial charge in [0.05, 0.1) is 13.2 Å². The second kappa shape index (κ2) is 8.90. The number of fused-ring (bicyclic) bond motifs is 1. The lowest BCUT2D eigenvalue weighted by Gasteiger charge is -2.26. The lowest BCUT2D eigenvalue weighted by Crippen LogP contribution is -2.39. The summed E-state index contributed by atoms with van der Waals surface area (Å²) in [6.07, 6.45) is 1.65. The molecule has 2 aromatic rings. The zero-order valence-corrected chi connectivity index (χ0v) is 15.6. The molecule has 0 unspecified atom stereocenters. The minimum atomic E-state index is -0.213. The number of pyridine rings is 1. The van der Waals surface area contributed by atoms with Gasteiger partial charge in [-0.05, 0) is 29.8 Å². The normalized spacial score (nSPS) is 16.0. The molecule has 0 spiro atoms. The topological polar surface area (TPSA) is 85.0 Å². The summed E-state index contributed by atoms with van der Waals surface area (Å²) in [6, 6.07) is 9.27. The minimum Gasteiger partial charge on any atom is -0.454 e. The molecule has 2 N–H and O–H groups in total. The van der Waals surface area contributed by atoms with Crippen LogP contribution in [-0.2, 0) is 11.3 Å². The number of hydrogen-bond acceptors (Lipinski definition) is 7. The molecule has 8 heteroatoms. The van der Waals surface area contributed by atoms with E-state index in [-0.39, 0.29) is 12.7 Å². The van der Waals surface area contributed by atoms with Crippen LogP contribution in [0.4, 0.5) is 5.69 Å². The summed E-state index contributed by atoms with van der Waals surface area (Å²) in [4.78, 5) is 19.0. The molecule has 148 valence electrons. The van der Waals surface area contributed by atoms with Crippen molar-refractivity contribution in [1.82, 2.24) is 15.2 Å². The van der Waals surface area contributed by atoms with Gasteiger partial charge in [0.1, 0.15) is 5.69 Å². The molecular weight excluding hydrogens is 360 g/mol. The molecule has 0 saturated carbocycles. The van der Waals surface area contributed by atoms with Crippen LogP contribution in [0, 0.1) is 0 Å². The Bertz CT molecular complexity index is 824. The molecule has 2 aliphatic rings. The molecule has 0 bridgehead atoms. The van der Waals surface area contributed by atoms with Crippen molar-refractivity contribution < 1.29 is 19.0 Å². The van der Waals surface area contributed by atoms with E-state index >= 15 is 0 Å². The highest BCUT2D eigenvalue weighted by atomic mass is 16.7. The number of carbonyl (C=O) groups excluding carboxylic acids is 1. The van der Waals surface area contributed by atoms with Crippen LogP contribution in [0.2, 0.25) is 0 Å². The molecule has 1 aromatic heterocycles. The molecule has 3 heterocycles. The van der Waals surface area contributed by atoms with E-state index in [1.165, 1.54) is 0 Å². The summed E-state index contributed by atoms with van der Waals surface area (Å²) in [6.45, 7) is 5.90. The molecule has 1 aromatic carbocycles. The first-order valence-corrected chi connectivity index (χ1v) is 9.45. The van der Waals surface area contributed by atoms with Gasteiger partial charge in [0.2, 0.25) is 6.79 Å². The molecule has 2 aliphatic heterocycles. The number of morpholine rings is 1. The molecule has 1 fully saturated rings. The van der Waals surface area contributed by atoms with Crippen molar-refractivity contribution in [2.24, 2.45) is 0 Å². The van der Waals surface area contributed by atoms with E-state index in [2.05, 4.69) is 20.5 Å². The first kappa shape index (κ1) is 18.5. The number of carbonyl (C=O) groups is 1. The van der Waals surface area contributed by atoms with Crippen LogP contribution in [0.1, 0.15) is 16.1 Å². The Morgan fingerprint density at radius 1 is 1.11 bits per heavy atom. The molecule has 0 atom stereocenters. The number of ether oxygens (including phenoxy) is 3. The second-order valence-corrected chi connectivity index (χ2v) is 6.68. The number of rotatable bonds is 7. The average molecular weight is 384 g/mol. The maximum atomic E-state index is 12.4. The van der Waals surface area contributed by atoms with Gasteiger partial charge in [-0.25, -0.2) is 0 Å². The molecule has 8 nitrogen and oxygen atoms in total. The van der Waals surface area contributed by atoms with E-state index in [1.54, 1.807) is 12.3 Å². The fourth-order valence-corrected chi connectivity index (χ4v) is 3.17. The predicted molar refractivity (Wildman–Crippen MR) is 104 cm³/mol. The van der Waals surface area contributed by atoms with Crippen LogP contribution < -0.4 is 20.1 Å². The highest BCUT2D eigenvalue weighted by molar-refractivity contribution is 5.93. The second-order valence-electron chi connectivity index (χ2n) is 6.68. The van der Waals surface area contributed by atoms with Gasteiger partial charge < -0.3 is 24.8 Å². The van der Waals surface area contributed by atoms with Crippen LogP contribution in [0.3, 0.4) is 0 Å². The predicted octanol–water partition coefficient (Wildman–Crippen LogP) is 1.48. The van der Waals surface area contributed by atoms with Gasteiger partial charge in [-0.2, -0.15) is 0 Å². The standard InChI is InChI=1S/C20H24N4O4/c25-20(23-13-15-1-2-18-19(11-15)28-14-27-18)17-12-16(3-4-22-17)21-5-6-24-7-9-26-10-8-24/h1-4,11-12H,5-10,13-14H2,(H,21,22)(H,23,25). The van der Waals surface area contributed by atoms with Crippen molar-refractivity contribution in [3.63, 3.8) is 0 Å². The highest BCUT2D eigenvalue weighted by Gasteiger charge is 2.14. The first-order valence-electron chi connectivity index (χ1n) is 9.45. The van der Waals surface area contributed by atoms with E-state index in [0.29, 0.717) is 18.0 Å². The van der Waals surface area contributed by atoms with Gasteiger partial charge in [0.25, 0.3) is 5.91 Å². The van der Waals surface area contributed by atoms with E-state index < -0.39 is 0 Å². The van der Waals surface area contributed by atoms with E-state index in [0.717, 1.165) is 56.4 Å². The molecule has 0 radical (unpaired) electrons. The van der Waals surface area contributed by atoms with Gasteiger partial charge in [-0.1, -0.05) is 6.07 Å². The van der Waals surface area contributed by atoms with Crippen molar-refractivity contribution in [1.29, 1.82) is 0 Å². The summed E-state index contributed by atoms with van der Waals surface area (Å²) in [5, 5.41) is 6.25. The SMILES string of the molecule is O=C(NCc1ccc2c(c1)OCO2)c1cc(NCCN2CCOCC2)ccn1. The Morgan fingerprint density at radius 2 is 1.96 bits per heavy atom. The fourth-order valence-electron chi connectivity index (χ4n) is 3.17. The van der Waals surface area contributed by atoms with Crippen LogP contribution in [0.15, 0.2) is 36.5 Å². The quantitative estimate of drug-likeness (QED) is 0.748. The molecular formula is C20H24N4O4. The summed E-state index contributed by atoms with van der Waals surface area (Å²) in [7, 11) is 0. The Balaban J connectivity index is 1.27. The molecule has 1 saturated heterocycles. The molecule has 28 heavy (non-hydrogen) atoms. The Kier molecular flexibility index (Phi) is 5.89. The summed E-state index contributed by atoms with van der Waals surface area (Å²) in [5.74, 6) is 1.22. The zero-order chi connectivity index (χ0) is 19.2. The minimum absolute atomic E-state index is 0.213. The van der Waals surface area contributed by atoms with Crippen LogP contribution in [-0.4, -0.2) is 62.0 Å². The van der Waals surface area contributed by atoms with Gasteiger partial charge >= 0.3 is 0 Å². The van der Waals surface area contributed by atoms with E-state index in [9.17, 15) is 4.79 Å². The Morgan fingerprint density at radius 3 is 2.86 bits per heavy atom. The number of amides is 1. The number of anilines is 1. The van der Waals surface area contributed by atoms with Gasteiger partial charge in [0.15, 0.2) is 11.5 Å². The largest absolute Gasteiger partial charge is 0.454 e. The highest BCUT2D eigenvalue weighted by Crippen LogP contribution is 2.32. The first-order chi connectivity index (χ1) is 13.8. The van der Waals surface area contributed by atoms with Crippen LogP contribution >= 0.6 is 0 Å². The summed E-state index contributed by atoms with van der Waals surface area (Å²) in [5.41, 5.74) is 2.21. The maximum absolute atomic E-state index is 12.4. The number of hydrogen-bond donors (Lipinski definition) is 2. The average Bonchev–Trinajstić information content (AvgIpc) is 3.21. The smallest absolute Gasteiger partial charge is 0.270 e. The molecule has 1 amide bonds. The van der Waals surface area contributed by atoms with Gasteiger partial charge in [-0.15, -0.1) is 0 Å². The van der Waals surface area contributed by atoms with Gasteiger partial charge in [-0.3, -0.25) is 14.7 Å². The van der Waals surface area contributed by atoms with E-state index in [4.69, 9.17) is 14.2 Å². The third-order valence-electron chi connectivity index (χ3n) is 4.74. The zero-order valence-electron chi connectivity index (χ0n) is 15.6. The fraction of sp³-hybridized carbons (Fsp3) is 0.400. The molecule has 0 aliphatic carbocycles. The van der Waals surface area contributed by atoms with Crippen molar-refractivity contribution in [2.45, 2.75) is 6.54 Å². The van der Waals surface area contributed by atoms with Crippen LogP contribution in [0.5, 0.6) is 11.5 Å². The molecule has 4 rings (SSSR count). The van der Waals surface area contributed by atoms with Crippen molar-refractivity contribution in [3.05, 3.63) is 47.8 Å². The monoisotopic (exact) mass is 384 g/mol. The number of nitrogens with one attached hydrogen (secondary N) is 2. The number of benzene rings is 1. The maximum Gasteiger partial charge on any atom is 0.270 e. The third kappa shape index (κ3) is 4.71. The Labute approximate surface area is 163 Å². The van der Waals surface area contributed by atoms with Crippen LogP contribution in [0.25, 0.3) is 0 Å². The number of nitrogens with zero attached hydrogens (tertiary/aromatic N) is 2. The Hall–Kier alpha value is -2.84. The lowest BCUT2D eigenvalue weighted by molar-refractivity contribution is 0.0398. The lowest BCUT2D eigenvalue weighted by atomic mass is 10.2. The summed E-state index contributed by atoms with van der Waals surface area (Å²) < 4.78 is 16.0. The van der Waals surface area contributed by atoms with Crippen molar-refractivity contribution in [2.75, 3.05) is 51.5 Å². The number of aromatic nitrogens is 1. The summed E-state index contributed by atoms with van der Waals surface area (Å²) >= 11 is 0. The van der Waals surface area contributed by atoms with Crippen molar-refractivity contribution >= 4 is 11.6 Å². The van der Waals surface area contributed by atoms with Gasteiger partial charge in [0, 0.05) is 44.6 Å². The van der Waals surface area contributed by atoms with Crippen molar-refractivity contribution in [3.8, 4) is 11.5 Å².